The second-order valence-electron chi connectivity index (χ2n) is 2.59. The zero-order valence-corrected chi connectivity index (χ0v) is 6.79. The normalized spacial score (nSPS) is 10.4. The highest BCUT2D eigenvalue weighted by Gasteiger charge is 1.94. The molecule has 0 saturated heterocycles. The van der Waals surface area contributed by atoms with Gasteiger partial charge in [-0.05, 0) is 23.6 Å². The number of aromatic nitrogens is 1. The van der Waals surface area contributed by atoms with Crippen LogP contribution >= 0.6 is 0 Å². The molecule has 0 fully saturated rings. The van der Waals surface area contributed by atoms with E-state index in [-0.39, 0.29) is 0 Å². The molecule has 62 valence electrons. The first-order chi connectivity index (χ1) is 5.90. The monoisotopic (exact) mass is 162 g/mol. The summed E-state index contributed by atoms with van der Waals surface area (Å²) in [6, 6.07) is 8.04. The molecule has 0 atom stereocenters. The number of nitrogens with one attached hydrogen (secondary N) is 2. The van der Waals surface area contributed by atoms with Crippen molar-refractivity contribution in [1.82, 2.24) is 4.98 Å². The lowest BCUT2D eigenvalue weighted by molar-refractivity contribution is 0.271. The summed E-state index contributed by atoms with van der Waals surface area (Å²) in [5, 5.41) is 1.21. The van der Waals surface area contributed by atoms with Crippen LogP contribution in [0.2, 0.25) is 0 Å². The molecule has 0 aliphatic rings. The highest BCUT2D eigenvalue weighted by atomic mass is 16.6. The van der Waals surface area contributed by atoms with E-state index in [2.05, 4.69) is 10.5 Å². The summed E-state index contributed by atoms with van der Waals surface area (Å²) < 4.78 is 0. The fourth-order valence-corrected chi connectivity index (χ4v) is 1.23. The van der Waals surface area contributed by atoms with Crippen LogP contribution in [0.25, 0.3) is 10.9 Å². The van der Waals surface area contributed by atoms with Gasteiger partial charge in [-0.3, -0.25) is 10.3 Å². The Morgan fingerprint density at radius 1 is 1.33 bits per heavy atom. The van der Waals surface area contributed by atoms with Gasteiger partial charge in [0.2, 0.25) is 0 Å². The predicted octanol–water partition coefficient (Wildman–Crippen LogP) is 2.14. The zero-order chi connectivity index (χ0) is 8.39. The van der Waals surface area contributed by atoms with Crippen LogP contribution in [0.4, 0.5) is 5.69 Å². The molecule has 2 rings (SSSR count). The number of anilines is 1. The van der Waals surface area contributed by atoms with E-state index in [4.69, 9.17) is 4.84 Å². The molecule has 0 aliphatic carbocycles. The lowest BCUT2D eigenvalue weighted by atomic mass is 10.2. The lowest BCUT2D eigenvalue weighted by Gasteiger charge is -2.01. The van der Waals surface area contributed by atoms with Crippen molar-refractivity contribution < 1.29 is 4.84 Å². The van der Waals surface area contributed by atoms with E-state index in [9.17, 15) is 0 Å². The summed E-state index contributed by atoms with van der Waals surface area (Å²) in [6.07, 6.45) is 1.92. The molecule has 1 aromatic carbocycles. The second-order valence-corrected chi connectivity index (χ2v) is 2.59. The zero-order valence-electron chi connectivity index (χ0n) is 6.79. The fraction of sp³-hybridized carbons (Fsp3) is 0.111. The van der Waals surface area contributed by atoms with E-state index in [1.165, 1.54) is 5.39 Å². The first-order valence-corrected chi connectivity index (χ1v) is 3.76. The Balaban J connectivity index is 2.46. The maximum atomic E-state index is 4.79. The van der Waals surface area contributed by atoms with Crippen LogP contribution in [0.3, 0.4) is 0 Å². The van der Waals surface area contributed by atoms with Gasteiger partial charge in [0.1, 0.15) is 0 Å². The first kappa shape index (κ1) is 7.18. The molecule has 0 aliphatic heterocycles. The van der Waals surface area contributed by atoms with Crippen LogP contribution in [0.5, 0.6) is 0 Å². The van der Waals surface area contributed by atoms with E-state index in [0.29, 0.717) is 0 Å². The standard InChI is InChI=1S/C9H10N2O/c1-12-11-8-3-2-7-4-5-10-9(7)6-8/h2-6,10-11H,1H3. The minimum atomic E-state index is 0.951. The molecule has 0 bridgehead atoms. The molecule has 2 aromatic rings. The molecule has 0 saturated carbocycles. The molecule has 3 nitrogen and oxygen atoms in total. The number of benzene rings is 1. The largest absolute Gasteiger partial charge is 0.361 e. The number of H-pyrrole nitrogens is 1. The molecule has 0 spiro atoms. The average molecular weight is 162 g/mol. The van der Waals surface area contributed by atoms with E-state index in [1.807, 2.05) is 30.5 Å². The van der Waals surface area contributed by atoms with E-state index in [1.54, 1.807) is 7.11 Å². The topological polar surface area (TPSA) is 37.0 Å². The summed E-state index contributed by atoms with van der Waals surface area (Å²) in [5.74, 6) is 0. The summed E-state index contributed by atoms with van der Waals surface area (Å²) in [5.41, 5.74) is 4.83. The van der Waals surface area contributed by atoms with Gasteiger partial charge in [0.15, 0.2) is 0 Å². The Morgan fingerprint density at radius 2 is 2.25 bits per heavy atom. The molecule has 0 amide bonds. The average Bonchev–Trinajstić information content (AvgIpc) is 2.51. The van der Waals surface area contributed by atoms with Crippen molar-refractivity contribution in [2.75, 3.05) is 12.6 Å². The van der Waals surface area contributed by atoms with E-state index in [0.717, 1.165) is 11.2 Å². The number of aromatic amines is 1. The lowest BCUT2D eigenvalue weighted by Crippen LogP contribution is -1.94. The highest BCUT2D eigenvalue weighted by Crippen LogP contribution is 2.17. The van der Waals surface area contributed by atoms with E-state index < -0.39 is 0 Å². The van der Waals surface area contributed by atoms with Crippen molar-refractivity contribution in [1.29, 1.82) is 0 Å². The summed E-state index contributed by atoms with van der Waals surface area (Å²) in [4.78, 5) is 7.91. The Kier molecular flexibility index (Phi) is 1.72. The van der Waals surface area contributed by atoms with Gasteiger partial charge >= 0.3 is 0 Å². The van der Waals surface area contributed by atoms with Crippen LogP contribution in [0, 0.1) is 0 Å². The summed E-state index contributed by atoms with van der Waals surface area (Å²) in [6.45, 7) is 0. The number of fused-ring (bicyclic) bond motifs is 1. The van der Waals surface area contributed by atoms with Crippen molar-refractivity contribution in [3.63, 3.8) is 0 Å². The van der Waals surface area contributed by atoms with Gasteiger partial charge in [-0.2, -0.15) is 0 Å². The van der Waals surface area contributed by atoms with Gasteiger partial charge in [-0.1, -0.05) is 6.07 Å². The van der Waals surface area contributed by atoms with Gasteiger partial charge in [0.25, 0.3) is 0 Å². The molecular weight excluding hydrogens is 152 g/mol. The SMILES string of the molecule is CONc1ccc2cc[nH]c2c1. The Morgan fingerprint density at radius 3 is 3.08 bits per heavy atom. The quantitative estimate of drug-likeness (QED) is 0.664. The Bertz CT molecular complexity index is 381. The molecule has 12 heavy (non-hydrogen) atoms. The van der Waals surface area contributed by atoms with Crippen LogP contribution in [-0.4, -0.2) is 12.1 Å². The third kappa shape index (κ3) is 1.14. The summed E-state index contributed by atoms with van der Waals surface area (Å²) >= 11 is 0. The highest BCUT2D eigenvalue weighted by molar-refractivity contribution is 5.82. The third-order valence-corrected chi connectivity index (χ3v) is 1.77. The van der Waals surface area contributed by atoms with Gasteiger partial charge in [0.05, 0.1) is 12.8 Å². The van der Waals surface area contributed by atoms with Gasteiger partial charge < -0.3 is 4.98 Å². The molecule has 1 heterocycles. The van der Waals surface area contributed by atoms with Crippen LogP contribution < -0.4 is 5.48 Å². The Labute approximate surface area is 70.3 Å². The minimum absolute atomic E-state index is 0.951. The second kappa shape index (κ2) is 2.87. The summed E-state index contributed by atoms with van der Waals surface area (Å²) in [7, 11) is 1.60. The molecular formula is C9H10N2O. The number of hydrogen-bond donors (Lipinski definition) is 2. The Hall–Kier alpha value is -1.48. The van der Waals surface area contributed by atoms with Gasteiger partial charge in [-0.15, -0.1) is 0 Å². The minimum Gasteiger partial charge on any atom is -0.361 e. The van der Waals surface area contributed by atoms with Crippen molar-refractivity contribution in [2.24, 2.45) is 0 Å². The first-order valence-electron chi connectivity index (χ1n) is 3.76. The smallest absolute Gasteiger partial charge is 0.0636 e. The van der Waals surface area contributed by atoms with Crippen molar-refractivity contribution in [3.05, 3.63) is 30.5 Å². The van der Waals surface area contributed by atoms with Crippen molar-refractivity contribution in [3.8, 4) is 0 Å². The van der Waals surface area contributed by atoms with Gasteiger partial charge in [-0.25, -0.2) is 0 Å². The van der Waals surface area contributed by atoms with Crippen LogP contribution in [0.1, 0.15) is 0 Å². The number of rotatable bonds is 2. The molecule has 3 heteroatoms. The van der Waals surface area contributed by atoms with Crippen molar-refractivity contribution in [2.45, 2.75) is 0 Å². The maximum Gasteiger partial charge on any atom is 0.0636 e. The molecule has 0 unspecified atom stereocenters. The maximum absolute atomic E-state index is 4.79. The van der Waals surface area contributed by atoms with Gasteiger partial charge in [0, 0.05) is 11.7 Å². The van der Waals surface area contributed by atoms with Crippen LogP contribution in [0.15, 0.2) is 30.5 Å². The predicted molar refractivity (Wildman–Crippen MR) is 48.9 cm³/mol. The molecule has 0 radical (unpaired) electrons. The fourth-order valence-electron chi connectivity index (χ4n) is 1.23. The van der Waals surface area contributed by atoms with E-state index >= 15 is 0 Å². The van der Waals surface area contributed by atoms with Crippen LogP contribution in [-0.2, 0) is 4.84 Å². The van der Waals surface area contributed by atoms with Crippen molar-refractivity contribution >= 4 is 16.6 Å². The molecule has 2 N–H and O–H groups in total. The number of hydrogen-bond acceptors (Lipinski definition) is 2. The molecule has 1 aromatic heterocycles. The third-order valence-electron chi connectivity index (χ3n) is 1.77.